The lowest BCUT2D eigenvalue weighted by atomic mass is 10.0. The molecule has 0 spiro atoms. The number of aliphatic imine (C=N–C) groups is 1. The van der Waals surface area contributed by atoms with E-state index in [4.69, 9.17) is 4.42 Å². The number of nitrogens with zero attached hydrogens (tertiary/aromatic N) is 1. The van der Waals surface area contributed by atoms with Crippen LogP contribution < -0.4 is 10.6 Å². The van der Waals surface area contributed by atoms with E-state index < -0.39 is 0 Å². The Labute approximate surface area is 170 Å². The van der Waals surface area contributed by atoms with E-state index in [2.05, 4.69) is 15.6 Å². The summed E-state index contributed by atoms with van der Waals surface area (Å²) in [4.78, 5) is 4.23. The van der Waals surface area contributed by atoms with Crippen molar-refractivity contribution in [3.05, 3.63) is 72.0 Å². The van der Waals surface area contributed by atoms with Crippen LogP contribution in [0.5, 0.6) is 0 Å². The van der Waals surface area contributed by atoms with Gasteiger partial charge in [0.05, 0.1) is 13.2 Å². The van der Waals surface area contributed by atoms with Gasteiger partial charge in [-0.2, -0.15) is 0 Å². The summed E-state index contributed by atoms with van der Waals surface area (Å²) < 4.78 is 5.79. The number of nitrogens with one attached hydrogen (secondary N) is 2. The van der Waals surface area contributed by atoms with Crippen molar-refractivity contribution in [3.8, 4) is 0 Å². The quantitative estimate of drug-likeness (QED) is 0.296. The van der Waals surface area contributed by atoms with Crippen molar-refractivity contribution < 1.29 is 9.52 Å². The monoisotopic (exact) mass is 465 g/mol. The van der Waals surface area contributed by atoms with Crippen LogP contribution >= 0.6 is 24.0 Å². The standard InChI is InChI=1S/C20H23N3O2.HI/c1-21-20(22-12-17(14-24)15-7-3-2-4-8-15)23-13-18-11-16-9-5-6-10-19(16)25-18;/h2-11,17,24H,12-14H2,1H3,(H2,21,22,23);1H. The van der Waals surface area contributed by atoms with Gasteiger partial charge in [-0.15, -0.1) is 24.0 Å². The lowest BCUT2D eigenvalue weighted by Gasteiger charge is -2.17. The van der Waals surface area contributed by atoms with E-state index in [1.807, 2.05) is 60.7 Å². The molecule has 0 aliphatic heterocycles. The molecule has 0 saturated carbocycles. The lowest BCUT2D eigenvalue weighted by Crippen LogP contribution is -2.39. The fourth-order valence-corrected chi connectivity index (χ4v) is 2.75. The van der Waals surface area contributed by atoms with Crippen LogP contribution in [0.4, 0.5) is 0 Å². The number of guanidine groups is 1. The predicted molar refractivity (Wildman–Crippen MR) is 116 cm³/mol. The zero-order valence-corrected chi connectivity index (χ0v) is 17.0. The number of para-hydroxylation sites is 1. The molecule has 0 fully saturated rings. The van der Waals surface area contributed by atoms with Crippen molar-refractivity contribution in [3.63, 3.8) is 0 Å². The highest BCUT2D eigenvalue weighted by atomic mass is 127. The molecule has 1 heterocycles. The first-order valence-electron chi connectivity index (χ1n) is 8.38. The van der Waals surface area contributed by atoms with Crippen LogP contribution in [0.2, 0.25) is 0 Å². The Bertz CT molecular complexity index is 800. The third kappa shape index (κ3) is 5.22. The van der Waals surface area contributed by atoms with Gasteiger partial charge in [0, 0.05) is 24.9 Å². The van der Waals surface area contributed by atoms with Crippen LogP contribution in [0.15, 0.2) is 70.1 Å². The van der Waals surface area contributed by atoms with Gasteiger partial charge in [0.1, 0.15) is 11.3 Å². The predicted octanol–water partition coefficient (Wildman–Crippen LogP) is 3.49. The smallest absolute Gasteiger partial charge is 0.191 e. The van der Waals surface area contributed by atoms with Gasteiger partial charge in [0.15, 0.2) is 5.96 Å². The fourth-order valence-electron chi connectivity index (χ4n) is 2.75. The molecule has 0 radical (unpaired) electrons. The molecule has 1 atom stereocenters. The molecule has 138 valence electrons. The van der Waals surface area contributed by atoms with Crippen LogP contribution in [0.25, 0.3) is 11.0 Å². The van der Waals surface area contributed by atoms with Crippen molar-refractivity contribution in [1.29, 1.82) is 0 Å². The number of halogens is 1. The minimum atomic E-state index is 0. The maximum absolute atomic E-state index is 9.64. The third-order valence-corrected chi connectivity index (χ3v) is 4.14. The molecule has 6 heteroatoms. The van der Waals surface area contributed by atoms with Crippen LogP contribution in [0.1, 0.15) is 17.2 Å². The summed E-state index contributed by atoms with van der Waals surface area (Å²) >= 11 is 0. The van der Waals surface area contributed by atoms with E-state index in [9.17, 15) is 5.11 Å². The van der Waals surface area contributed by atoms with E-state index in [0.29, 0.717) is 19.0 Å². The molecule has 26 heavy (non-hydrogen) atoms. The Balaban J connectivity index is 0.00000243. The fraction of sp³-hybridized carbons (Fsp3) is 0.250. The topological polar surface area (TPSA) is 69.8 Å². The molecule has 0 saturated heterocycles. The summed E-state index contributed by atoms with van der Waals surface area (Å²) in [6.07, 6.45) is 0. The highest BCUT2D eigenvalue weighted by molar-refractivity contribution is 14.0. The summed E-state index contributed by atoms with van der Waals surface area (Å²) in [5.41, 5.74) is 1.98. The van der Waals surface area contributed by atoms with Crippen LogP contribution in [-0.4, -0.2) is 31.3 Å². The minimum Gasteiger partial charge on any atom is -0.459 e. The second-order valence-corrected chi connectivity index (χ2v) is 5.85. The summed E-state index contributed by atoms with van der Waals surface area (Å²) in [6.45, 7) is 1.22. The molecule has 2 aromatic carbocycles. The van der Waals surface area contributed by atoms with Crippen LogP contribution in [0.3, 0.4) is 0 Å². The number of aliphatic hydroxyl groups excluding tert-OH is 1. The minimum absolute atomic E-state index is 0. The Morgan fingerprint density at radius 2 is 1.81 bits per heavy atom. The summed E-state index contributed by atoms with van der Waals surface area (Å²) in [7, 11) is 1.73. The third-order valence-electron chi connectivity index (χ3n) is 4.14. The first-order chi connectivity index (χ1) is 12.3. The lowest BCUT2D eigenvalue weighted by molar-refractivity contribution is 0.265. The first kappa shape index (κ1) is 20.3. The van der Waals surface area contributed by atoms with Gasteiger partial charge in [-0.05, 0) is 17.7 Å². The number of hydrogen-bond acceptors (Lipinski definition) is 3. The van der Waals surface area contributed by atoms with Crippen molar-refractivity contribution in [2.45, 2.75) is 12.5 Å². The summed E-state index contributed by atoms with van der Waals surface area (Å²) in [6, 6.07) is 19.9. The molecule has 1 unspecified atom stereocenters. The maximum Gasteiger partial charge on any atom is 0.191 e. The van der Waals surface area contributed by atoms with E-state index in [1.165, 1.54) is 0 Å². The molecular formula is C20H24IN3O2. The van der Waals surface area contributed by atoms with Gasteiger partial charge in [-0.25, -0.2) is 0 Å². The second kappa shape index (κ2) is 10.2. The Kier molecular flexibility index (Phi) is 7.93. The second-order valence-electron chi connectivity index (χ2n) is 5.85. The van der Waals surface area contributed by atoms with Crippen LogP contribution in [-0.2, 0) is 6.54 Å². The summed E-state index contributed by atoms with van der Waals surface area (Å²) in [5.74, 6) is 1.55. The molecule has 3 aromatic rings. The first-order valence-corrected chi connectivity index (χ1v) is 8.38. The molecule has 3 rings (SSSR count). The van der Waals surface area contributed by atoms with E-state index in [1.54, 1.807) is 7.05 Å². The molecule has 5 nitrogen and oxygen atoms in total. The number of fused-ring (bicyclic) bond motifs is 1. The summed E-state index contributed by atoms with van der Waals surface area (Å²) in [5, 5.41) is 17.2. The maximum atomic E-state index is 9.64. The average molecular weight is 465 g/mol. The SMILES string of the molecule is CN=C(NCc1cc2ccccc2o1)NCC(CO)c1ccccc1.I. The Hall–Kier alpha value is -2.06. The molecule has 0 amide bonds. The number of rotatable bonds is 6. The molecule has 0 bridgehead atoms. The number of hydrogen-bond donors (Lipinski definition) is 3. The van der Waals surface area contributed by atoms with E-state index >= 15 is 0 Å². The average Bonchev–Trinajstić information content (AvgIpc) is 3.08. The number of benzene rings is 2. The zero-order chi connectivity index (χ0) is 17.5. The number of furan rings is 1. The van der Waals surface area contributed by atoms with Gasteiger partial charge >= 0.3 is 0 Å². The van der Waals surface area contributed by atoms with Crippen LogP contribution in [0, 0.1) is 0 Å². The van der Waals surface area contributed by atoms with E-state index in [0.717, 1.165) is 22.3 Å². The largest absolute Gasteiger partial charge is 0.459 e. The zero-order valence-electron chi connectivity index (χ0n) is 14.7. The Morgan fingerprint density at radius 1 is 1.08 bits per heavy atom. The highest BCUT2D eigenvalue weighted by Gasteiger charge is 2.11. The molecular weight excluding hydrogens is 441 g/mol. The van der Waals surface area contributed by atoms with Gasteiger partial charge in [0.25, 0.3) is 0 Å². The van der Waals surface area contributed by atoms with Crippen molar-refractivity contribution in [2.24, 2.45) is 4.99 Å². The van der Waals surface area contributed by atoms with Gasteiger partial charge in [0.2, 0.25) is 0 Å². The van der Waals surface area contributed by atoms with Gasteiger partial charge < -0.3 is 20.2 Å². The normalized spacial score (nSPS) is 12.5. The van der Waals surface area contributed by atoms with E-state index in [-0.39, 0.29) is 36.5 Å². The Morgan fingerprint density at radius 3 is 2.50 bits per heavy atom. The highest BCUT2D eigenvalue weighted by Crippen LogP contribution is 2.18. The number of aliphatic hydroxyl groups is 1. The molecule has 1 aromatic heterocycles. The molecule has 3 N–H and O–H groups in total. The molecule has 0 aliphatic rings. The van der Waals surface area contributed by atoms with Crippen molar-refractivity contribution in [2.75, 3.05) is 20.2 Å². The van der Waals surface area contributed by atoms with Crippen molar-refractivity contribution >= 4 is 40.9 Å². The van der Waals surface area contributed by atoms with Gasteiger partial charge in [-0.3, -0.25) is 4.99 Å². The molecule has 0 aliphatic carbocycles. The van der Waals surface area contributed by atoms with Gasteiger partial charge in [-0.1, -0.05) is 48.5 Å². The van der Waals surface area contributed by atoms with Crippen molar-refractivity contribution in [1.82, 2.24) is 10.6 Å².